The Hall–Kier alpha value is -6.10. The minimum atomic E-state index is -0.678. The van der Waals surface area contributed by atoms with Gasteiger partial charge in [0.2, 0.25) is 0 Å². The number of hydrazone groups is 1. The van der Waals surface area contributed by atoms with Gasteiger partial charge in [0, 0.05) is 35.0 Å². The largest absolute Gasteiger partial charge is 0.493 e. The molecule has 42 heavy (non-hydrogen) atoms. The highest BCUT2D eigenvalue weighted by Crippen LogP contribution is 2.28. The lowest BCUT2D eigenvalue weighted by molar-refractivity contribution is -0.384. The second kappa shape index (κ2) is 13.8. The van der Waals surface area contributed by atoms with E-state index >= 15 is 0 Å². The molecule has 4 aromatic rings. The molecular weight excluding hydrogens is 540 g/mol. The van der Waals surface area contributed by atoms with Gasteiger partial charge in [0.15, 0.2) is 11.5 Å². The number of rotatable bonds is 10. The minimum absolute atomic E-state index is 0.0543. The number of nitro benzene ring substituents is 1. The molecule has 0 saturated heterocycles. The van der Waals surface area contributed by atoms with Crippen LogP contribution in [0.4, 0.5) is 11.4 Å². The third-order valence-corrected chi connectivity index (χ3v) is 5.71. The van der Waals surface area contributed by atoms with Crippen molar-refractivity contribution >= 4 is 41.4 Å². The third-order valence-electron chi connectivity index (χ3n) is 5.71. The first kappa shape index (κ1) is 28.9. The molecule has 11 nitrogen and oxygen atoms in total. The molecule has 0 aromatic heterocycles. The number of anilines is 1. The summed E-state index contributed by atoms with van der Waals surface area (Å²) in [5.41, 5.74) is 4.75. The molecule has 11 heteroatoms. The molecule has 0 fully saturated rings. The van der Waals surface area contributed by atoms with E-state index in [4.69, 9.17) is 9.47 Å². The van der Waals surface area contributed by atoms with Crippen LogP contribution in [0.2, 0.25) is 0 Å². The van der Waals surface area contributed by atoms with Gasteiger partial charge < -0.3 is 14.8 Å². The van der Waals surface area contributed by atoms with Gasteiger partial charge >= 0.3 is 5.97 Å². The summed E-state index contributed by atoms with van der Waals surface area (Å²) in [4.78, 5) is 47.5. The van der Waals surface area contributed by atoms with E-state index in [0.717, 1.165) is 0 Å². The first-order valence-electron chi connectivity index (χ1n) is 12.4. The standard InChI is InChI=1S/C31H24N4O7/c1-41-28-18-22(12-16-27(28)42-29(36)17-13-21-10-14-26(15-11-21)35(39)40)20-32-34-31(38)24-8-5-9-25(19-24)33-30(37)23-6-3-2-4-7-23/h2-20H,1H3,(H,33,37)(H,34,38)/b17-13+,32-20?. The van der Waals surface area contributed by atoms with Crippen LogP contribution in [-0.2, 0) is 4.79 Å². The van der Waals surface area contributed by atoms with Crippen LogP contribution in [0.3, 0.4) is 0 Å². The predicted octanol–water partition coefficient (Wildman–Crippen LogP) is 5.24. The molecule has 4 aromatic carbocycles. The number of carbonyl (C=O) groups excluding carboxylic acids is 3. The number of carbonyl (C=O) groups is 3. The summed E-state index contributed by atoms with van der Waals surface area (Å²) in [5.74, 6) is -1.05. The second-order valence-electron chi connectivity index (χ2n) is 8.61. The molecule has 0 atom stereocenters. The van der Waals surface area contributed by atoms with Crippen LogP contribution in [0.1, 0.15) is 31.8 Å². The van der Waals surface area contributed by atoms with Gasteiger partial charge in [-0.2, -0.15) is 5.10 Å². The fraction of sp³-hybridized carbons (Fsp3) is 0.0323. The van der Waals surface area contributed by atoms with E-state index in [1.54, 1.807) is 54.6 Å². The number of ether oxygens (including phenoxy) is 2. The van der Waals surface area contributed by atoms with Crippen molar-refractivity contribution in [2.75, 3.05) is 12.4 Å². The van der Waals surface area contributed by atoms with Crippen LogP contribution in [0.15, 0.2) is 108 Å². The number of esters is 1. The van der Waals surface area contributed by atoms with Crippen LogP contribution < -0.4 is 20.2 Å². The van der Waals surface area contributed by atoms with Crippen molar-refractivity contribution in [3.63, 3.8) is 0 Å². The van der Waals surface area contributed by atoms with Crippen LogP contribution in [0.5, 0.6) is 11.5 Å². The molecular formula is C31H24N4O7. The Morgan fingerprint density at radius 1 is 0.810 bits per heavy atom. The van der Waals surface area contributed by atoms with E-state index in [2.05, 4.69) is 15.8 Å². The normalized spacial score (nSPS) is 10.8. The molecule has 0 aliphatic heterocycles. The lowest BCUT2D eigenvalue weighted by Crippen LogP contribution is -2.18. The van der Waals surface area contributed by atoms with Crippen LogP contribution in [0, 0.1) is 10.1 Å². The van der Waals surface area contributed by atoms with Crippen LogP contribution in [0.25, 0.3) is 6.08 Å². The van der Waals surface area contributed by atoms with Crippen molar-refractivity contribution in [2.45, 2.75) is 0 Å². The molecule has 0 saturated carbocycles. The predicted molar refractivity (Wildman–Crippen MR) is 157 cm³/mol. The van der Waals surface area contributed by atoms with Gasteiger partial charge in [0.1, 0.15) is 0 Å². The van der Waals surface area contributed by atoms with E-state index in [-0.39, 0.29) is 23.1 Å². The number of nitrogens with zero attached hydrogens (tertiary/aromatic N) is 2. The van der Waals surface area contributed by atoms with E-state index in [1.807, 2.05) is 6.07 Å². The number of nitrogens with one attached hydrogen (secondary N) is 2. The Morgan fingerprint density at radius 3 is 2.24 bits per heavy atom. The molecule has 0 radical (unpaired) electrons. The number of hydrogen-bond acceptors (Lipinski definition) is 8. The quantitative estimate of drug-likeness (QED) is 0.0668. The number of hydrogen-bond donors (Lipinski definition) is 2. The number of non-ortho nitro benzene ring substituents is 1. The maximum absolute atomic E-state index is 12.6. The van der Waals surface area contributed by atoms with Gasteiger partial charge in [-0.15, -0.1) is 0 Å². The Morgan fingerprint density at radius 2 is 1.52 bits per heavy atom. The van der Waals surface area contributed by atoms with Gasteiger partial charge in [-0.1, -0.05) is 24.3 Å². The topological polar surface area (TPSA) is 149 Å². The summed E-state index contributed by atoms with van der Waals surface area (Å²) in [5, 5.41) is 17.5. The van der Waals surface area contributed by atoms with Crippen LogP contribution in [-0.4, -0.2) is 36.0 Å². The number of amides is 2. The third kappa shape index (κ3) is 7.96. The summed E-state index contributed by atoms with van der Waals surface area (Å²) in [6.45, 7) is 0. The highest BCUT2D eigenvalue weighted by atomic mass is 16.6. The molecule has 0 unspecified atom stereocenters. The number of nitro groups is 1. The Balaban J connectivity index is 1.34. The van der Waals surface area contributed by atoms with Crippen molar-refractivity contribution in [1.29, 1.82) is 0 Å². The van der Waals surface area contributed by atoms with Crippen molar-refractivity contribution < 1.29 is 28.8 Å². The van der Waals surface area contributed by atoms with E-state index in [1.165, 1.54) is 61.9 Å². The van der Waals surface area contributed by atoms with Crippen molar-refractivity contribution in [1.82, 2.24) is 5.43 Å². The maximum Gasteiger partial charge on any atom is 0.336 e. The molecule has 0 heterocycles. The first-order chi connectivity index (χ1) is 20.3. The molecule has 0 aliphatic carbocycles. The summed E-state index contributed by atoms with van der Waals surface area (Å²) < 4.78 is 10.6. The van der Waals surface area contributed by atoms with Gasteiger partial charge in [0.25, 0.3) is 17.5 Å². The molecule has 0 bridgehead atoms. The molecule has 0 spiro atoms. The second-order valence-corrected chi connectivity index (χ2v) is 8.61. The average molecular weight is 565 g/mol. The Bertz CT molecular complexity index is 1670. The summed E-state index contributed by atoms with van der Waals surface area (Å²) in [6.07, 6.45) is 4.05. The number of methoxy groups -OCH3 is 1. The zero-order chi connectivity index (χ0) is 29.9. The van der Waals surface area contributed by atoms with Gasteiger partial charge in [-0.05, 0) is 77.9 Å². The lowest BCUT2D eigenvalue weighted by atomic mass is 10.1. The molecule has 4 rings (SSSR count). The Labute approximate surface area is 240 Å². The highest BCUT2D eigenvalue weighted by Gasteiger charge is 2.11. The summed E-state index contributed by atoms with van der Waals surface area (Å²) in [7, 11) is 1.41. The average Bonchev–Trinajstić information content (AvgIpc) is 3.01. The lowest BCUT2D eigenvalue weighted by Gasteiger charge is -2.09. The Kier molecular flexibility index (Phi) is 9.50. The van der Waals surface area contributed by atoms with Crippen molar-refractivity contribution in [2.24, 2.45) is 5.10 Å². The summed E-state index contributed by atoms with van der Waals surface area (Å²) in [6, 6.07) is 25.5. The van der Waals surface area contributed by atoms with E-state index < -0.39 is 16.8 Å². The van der Waals surface area contributed by atoms with Crippen LogP contribution >= 0.6 is 0 Å². The fourth-order valence-corrected chi connectivity index (χ4v) is 3.62. The first-order valence-corrected chi connectivity index (χ1v) is 12.4. The molecule has 2 amide bonds. The molecule has 0 aliphatic rings. The van der Waals surface area contributed by atoms with Crippen molar-refractivity contribution in [3.8, 4) is 11.5 Å². The monoisotopic (exact) mass is 564 g/mol. The fourth-order valence-electron chi connectivity index (χ4n) is 3.62. The maximum atomic E-state index is 12.6. The van der Waals surface area contributed by atoms with E-state index in [9.17, 15) is 24.5 Å². The van der Waals surface area contributed by atoms with Gasteiger partial charge in [-0.25, -0.2) is 10.2 Å². The summed E-state index contributed by atoms with van der Waals surface area (Å²) >= 11 is 0. The number of benzene rings is 4. The smallest absolute Gasteiger partial charge is 0.336 e. The molecule has 2 N–H and O–H groups in total. The highest BCUT2D eigenvalue weighted by molar-refractivity contribution is 6.05. The molecule has 210 valence electrons. The zero-order valence-corrected chi connectivity index (χ0v) is 22.2. The SMILES string of the molecule is COc1cc(C=NNC(=O)c2cccc(NC(=O)c3ccccc3)c2)ccc1OC(=O)/C=C/c1ccc([N+](=O)[O-])cc1. The van der Waals surface area contributed by atoms with Gasteiger partial charge in [-0.3, -0.25) is 19.7 Å². The van der Waals surface area contributed by atoms with E-state index in [0.29, 0.717) is 27.9 Å². The zero-order valence-electron chi connectivity index (χ0n) is 22.2. The minimum Gasteiger partial charge on any atom is -0.493 e. The van der Waals surface area contributed by atoms with Crippen molar-refractivity contribution in [3.05, 3.63) is 136 Å². The van der Waals surface area contributed by atoms with Gasteiger partial charge in [0.05, 0.1) is 18.2 Å².